The molecule has 3 rings (SSSR count). The van der Waals surface area contributed by atoms with E-state index in [2.05, 4.69) is 15.7 Å². The highest BCUT2D eigenvalue weighted by molar-refractivity contribution is 7.09. The van der Waals surface area contributed by atoms with Crippen LogP contribution in [-0.2, 0) is 6.42 Å². The third-order valence-corrected chi connectivity index (χ3v) is 3.93. The van der Waals surface area contributed by atoms with Crippen molar-refractivity contribution in [1.29, 1.82) is 0 Å². The van der Waals surface area contributed by atoms with Crippen molar-refractivity contribution in [3.05, 3.63) is 28.6 Å². The van der Waals surface area contributed by atoms with E-state index in [9.17, 15) is 0 Å². The minimum atomic E-state index is 0.167. The summed E-state index contributed by atoms with van der Waals surface area (Å²) in [5, 5.41) is 15.0. The van der Waals surface area contributed by atoms with E-state index in [0.717, 1.165) is 40.7 Å². The van der Waals surface area contributed by atoms with Crippen LogP contribution in [-0.4, -0.2) is 36.6 Å². The van der Waals surface area contributed by atoms with Gasteiger partial charge in [0.05, 0.1) is 17.3 Å². The Balaban J connectivity index is 1.67. The molecule has 0 atom stereocenters. The van der Waals surface area contributed by atoms with E-state index in [1.54, 1.807) is 11.3 Å². The van der Waals surface area contributed by atoms with Gasteiger partial charge in [0.1, 0.15) is 0 Å². The maximum atomic E-state index is 8.70. The van der Waals surface area contributed by atoms with E-state index in [-0.39, 0.29) is 13.4 Å². The van der Waals surface area contributed by atoms with Gasteiger partial charge in [-0.05, 0) is 18.2 Å². The van der Waals surface area contributed by atoms with Crippen molar-refractivity contribution in [2.75, 3.05) is 26.5 Å². The van der Waals surface area contributed by atoms with Gasteiger partial charge in [-0.1, -0.05) is 0 Å². The second kappa shape index (κ2) is 6.21. The van der Waals surface area contributed by atoms with Gasteiger partial charge < -0.3 is 19.9 Å². The van der Waals surface area contributed by atoms with Gasteiger partial charge in [-0.2, -0.15) is 0 Å². The first-order chi connectivity index (χ1) is 9.86. The summed E-state index contributed by atoms with van der Waals surface area (Å²) in [5.74, 6) is 1.57. The largest absolute Gasteiger partial charge is 0.454 e. The number of aliphatic hydroxyl groups is 1. The first-order valence-corrected chi connectivity index (χ1v) is 7.41. The van der Waals surface area contributed by atoms with Gasteiger partial charge in [-0.3, -0.25) is 0 Å². The predicted molar refractivity (Wildman–Crippen MR) is 77.3 cm³/mol. The number of thiazole rings is 1. The van der Waals surface area contributed by atoms with Crippen LogP contribution in [0.1, 0.15) is 5.01 Å². The summed E-state index contributed by atoms with van der Waals surface area (Å²) in [6.45, 7) is 1.91. The summed E-state index contributed by atoms with van der Waals surface area (Å²) >= 11 is 1.65. The van der Waals surface area contributed by atoms with Crippen molar-refractivity contribution in [1.82, 2.24) is 10.3 Å². The van der Waals surface area contributed by atoms with Crippen LogP contribution in [0.2, 0.25) is 0 Å². The fourth-order valence-corrected chi connectivity index (χ4v) is 2.82. The number of aliphatic hydroxyl groups excluding tert-OH is 1. The van der Waals surface area contributed by atoms with Crippen LogP contribution >= 0.6 is 11.3 Å². The molecule has 1 aliphatic rings. The zero-order valence-corrected chi connectivity index (χ0v) is 11.8. The molecule has 20 heavy (non-hydrogen) atoms. The molecule has 2 aromatic rings. The molecule has 0 amide bonds. The Bertz CT molecular complexity index is 586. The number of rotatable bonds is 6. The summed E-state index contributed by atoms with van der Waals surface area (Å²) < 4.78 is 10.7. The zero-order valence-electron chi connectivity index (χ0n) is 11.0. The van der Waals surface area contributed by atoms with E-state index in [1.807, 2.05) is 18.2 Å². The standard InChI is InChI=1S/C14H16N2O3S/c17-6-5-15-4-3-14-16-11(8-20-14)10-1-2-12-13(7-10)19-9-18-12/h1-2,7-8,15,17H,3-6,9H2. The van der Waals surface area contributed by atoms with Crippen LogP contribution in [0.15, 0.2) is 23.6 Å². The van der Waals surface area contributed by atoms with Gasteiger partial charge >= 0.3 is 0 Å². The number of hydrogen-bond acceptors (Lipinski definition) is 6. The lowest BCUT2D eigenvalue weighted by molar-refractivity contribution is 0.174. The summed E-state index contributed by atoms with van der Waals surface area (Å²) in [5.41, 5.74) is 2.01. The van der Waals surface area contributed by atoms with Crippen molar-refractivity contribution in [2.45, 2.75) is 6.42 Å². The smallest absolute Gasteiger partial charge is 0.231 e. The van der Waals surface area contributed by atoms with Crippen molar-refractivity contribution in [3.8, 4) is 22.8 Å². The van der Waals surface area contributed by atoms with Crippen molar-refractivity contribution >= 4 is 11.3 Å². The summed E-state index contributed by atoms with van der Waals surface area (Å²) in [6, 6.07) is 5.88. The van der Waals surface area contributed by atoms with Crippen molar-refractivity contribution in [2.24, 2.45) is 0 Å². The molecule has 0 bridgehead atoms. The lowest BCUT2D eigenvalue weighted by Gasteiger charge is -2.00. The Morgan fingerprint density at radius 2 is 2.15 bits per heavy atom. The van der Waals surface area contributed by atoms with E-state index in [1.165, 1.54) is 0 Å². The minimum absolute atomic E-state index is 0.167. The van der Waals surface area contributed by atoms with Gasteiger partial charge in [0.25, 0.3) is 0 Å². The topological polar surface area (TPSA) is 63.6 Å². The molecule has 1 aromatic heterocycles. The van der Waals surface area contributed by atoms with Crippen LogP contribution in [0.5, 0.6) is 11.5 Å². The van der Waals surface area contributed by atoms with Crippen LogP contribution in [0.3, 0.4) is 0 Å². The first-order valence-electron chi connectivity index (χ1n) is 6.53. The third kappa shape index (κ3) is 2.92. The van der Waals surface area contributed by atoms with Crippen molar-refractivity contribution in [3.63, 3.8) is 0 Å². The SMILES string of the molecule is OCCNCCc1nc(-c2ccc3c(c2)OCO3)cs1. The summed E-state index contributed by atoms with van der Waals surface area (Å²) in [4.78, 5) is 4.62. The molecule has 6 heteroatoms. The van der Waals surface area contributed by atoms with Gasteiger partial charge in [-0.25, -0.2) is 4.98 Å². The quantitative estimate of drug-likeness (QED) is 0.793. The average molecular weight is 292 g/mol. The number of nitrogens with one attached hydrogen (secondary N) is 1. The fourth-order valence-electron chi connectivity index (χ4n) is 2.01. The molecular formula is C14H16N2O3S. The number of fused-ring (bicyclic) bond motifs is 1. The Morgan fingerprint density at radius 3 is 3.05 bits per heavy atom. The molecule has 0 spiro atoms. The second-order valence-electron chi connectivity index (χ2n) is 4.42. The molecule has 0 unspecified atom stereocenters. The second-order valence-corrected chi connectivity index (χ2v) is 5.36. The molecule has 106 valence electrons. The number of hydrogen-bond donors (Lipinski definition) is 2. The molecule has 2 N–H and O–H groups in total. The molecule has 0 aliphatic carbocycles. The van der Waals surface area contributed by atoms with Gasteiger partial charge in [-0.15, -0.1) is 11.3 Å². The number of aromatic nitrogens is 1. The van der Waals surface area contributed by atoms with Crippen molar-refractivity contribution < 1.29 is 14.6 Å². The Morgan fingerprint density at radius 1 is 1.25 bits per heavy atom. The maximum Gasteiger partial charge on any atom is 0.231 e. The van der Waals surface area contributed by atoms with Crippen LogP contribution in [0, 0.1) is 0 Å². The average Bonchev–Trinajstić information content (AvgIpc) is 3.11. The maximum absolute atomic E-state index is 8.70. The molecule has 5 nitrogen and oxygen atoms in total. The van der Waals surface area contributed by atoms with Gasteiger partial charge in [0, 0.05) is 30.5 Å². The summed E-state index contributed by atoms with van der Waals surface area (Å²) in [7, 11) is 0. The molecule has 1 aromatic carbocycles. The van der Waals surface area contributed by atoms with E-state index in [4.69, 9.17) is 14.6 Å². The predicted octanol–water partition coefficient (Wildman–Crippen LogP) is 1.66. The first kappa shape index (κ1) is 13.4. The van der Waals surface area contributed by atoms with Gasteiger partial charge in [0.2, 0.25) is 6.79 Å². The fraction of sp³-hybridized carbons (Fsp3) is 0.357. The summed E-state index contributed by atoms with van der Waals surface area (Å²) in [6.07, 6.45) is 0.870. The Hall–Kier alpha value is -1.63. The highest BCUT2D eigenvalue weighted by atomic mass is 32.1. The Kier molecular flexibility index (Phi) is 4.15. The monoisotopic (exact) mass is 292 g/mol. The number of benzene rings is 1. The Labute approximate surface area is 121 Å². The highest BCUT2D eigenvalue weighted by Gasteiger charge is 2.14. The lowest BCUT2D eigenvalue weighted by atomic mass is 10.1. The molecule has 1 aliphatic heterocycles. The van der Waals surface area contributed by atoms with Crippen LogP contribution < -0.4 is 14.8 Å². The van der Waals surface area contributed by atoms with E-state index >= 15 is 0 Å². The molecule has 2 heterocycles. The third-order valence-electron chi connectivity index (χ3n) is 3.02. The zero-order chi connectivity index (χ0) is 13.8. The van der Waals surface area contributed by atoms with E-state index < -0.39 is 0 Å². The van der Waals surface area contributed by atoms with Gasteiger partial charge in [0.15, 0.2) is 11.5 Å². The molecule has 0 saturated heterocycles. The number of ether oxygens (including phenoxy) is 2. The molecule has 0 fully saturated rings. The highest BCUT2D eigenvalue weighted by Crippen LogP contribution is 2.36. The minimum Gasteiger partial charge on any atom is -0.454 e. The lowest BCUT2D eigenvalue weighted by Crippen LogP contribution is -2.20. The van der Waals surface area contributed by atoms with Crippen LogP contribution in [0.25, 0.3) is 11.3 Å². The molecule has 0 radical (unpaired) electrons. The normalized spacial score (nSPS) is 12.8. The molecule has 0 saturated carbocycles. The number of nitrogens with zero attached hydrogens (tertiary/aromatic N) is 1. The van der Waals surface area contributed by atoms with E-state index in [0.29, 0.717) is 6.54 Å². The van der Waals surface area contributed by atoms with Crippen LogP contribution in [0.4, 0.5) is 0 Å². The molecular weight excluding hydrogens is 276 g/mol.